The Morgan fingerprint density at radius 3 is 2.08 bits per heavy atom. The Morgan fingerprint density at radius 2 is 1.25 bits per heavy atom. The van der Waals surface area contributed by atoms with Gasteiger partial charge in [-0.05, 0) is 110 Å². The van der Waals surface area contributed by atoms with Gasteiger partial charge in [0.1, 0.15) is 5.58 Å². The molecule has 0 bridgehead atoms. The third-order valence-corrected chi connectivity index (χ3v) is 17.1. The van der Waals surface area contributed by atoms with Gasteiger partial charge in [-0.3, -0.25) is 0 Å². The Morgan fingerprint density at radius 1 is 0.531 bits per heavy atom. The Hall–Kier alpha value is -6.56. The van der Waals surface area contributed by atoms with Crippen LogP contribution in [0.4, 0.5) is 28.4 Å². The van der Waals surface area contributed by atoms with Crippen molar-refractivity contribution in [2.75, 3.05) is 9.71 Å². The van der Waals surface area contributed by atoms with Gasteiger partial charge in [0.15, 0.2) is 5.58 Å². The van der Waals surface area contributed by atoms with Gasteiger partial charge in [-0.15, -0.1) is 11.3 Å². The summed E-state index contributed by atoms with van der Waals surface area (Å²) in [7, 11) is 0. The summed E-state index contributed by atoms with van der Waals surface area (Å²) in [6.07, 6.45) is 2.36. The molecule has 0 spiro atoms. The molecule has 0 N–H and O–H groups in total. The number of thiophene rings is 1. The smallest absolute Gasteiger partial charge is 0.333 e. The molecule has 3 nitrogen and oxygen atoms in total. The minimum Gasteiger partial charge on any atom is -0.454 e. The molecule has 0 fully saturated rings. The minimum atomic E-state index is -0.246. The third kappa shape index (κ3) is 4.68. The van der Waals surface area contributed by atoms with Crippen LogP contribution in [0, 0.1) is 0 Å². The molecule has 14 rings (SSSR count). The van der Waals surface area contributed by atoms with Gasteiger partial charge < -0.3 is 14.1 Å². The zero-order chi connectivity index (χ0) is 43.0. The van der Waals surface area contributed by atoms with Gasteiger partial charge in [0.2, 0.25) is 0 Å². The molecule has 0 amide bonds. The minimum absolute atomic E-state index is 0.0595. The molecule has 64 heavy (non-hydrogen) atoms. The zero-order valence-electron chi connectivity index (χ0n) is 37.1. The van der Waals surface area contributed by atoms with Gasteiger partial charge in [0.05, 0.1) is 11.4 Å². The lowest BCUT2D eigenvalue weighted by molar-refractivity contribution is 0.331. The molecule has 4 aliphatic rings. The van der Waals surface area contributed by atoms with E-state index in [1.165, 1.54) is 111 Å². The maximum atomic E-state index is 6.97. The summed E-state index contributed by atoms with van der Waals surface area (Å²) < 4.78 is 9.64. The quantitative estimate of drug-likeness (QED) is 0.162. The second kappa shape index (κ2) is 12.4. The molecule has 1 aliphatic carbocycles. The summed E-state index contributed by atoms with van der Waals surface area (Å²) in [5.41, 5.74) is 21.5. The number of hydrogen-bond acceptors (Lipinski definition) is 4. The van der Waals surface area contributed by atoms with Gasteiger partial charge in [0.25, 0.3) is 0 Å². The molecule has 0 unspecified atom stereocenters. The van der Waals surface area contributed by atoms with Crippen LogP contribution < -0.4 is 20.6 Å². The Labute approximate surface area is 378 Å². The van der Waals surface area contributed by atoms with E-state index < -0.39 is 0 Å². The normalized spacial score (nSPS) is 17.1. The summed E-state index contributed by atoms with van der Waals surface area (Å²) in [4.78, 5) is 5.37. The van der Waals surface area contributed by atoms with Crippen LogP contribution in [-0.2, 0) is 16.2 Å². The van der Waals surface area contributed by atoms with Crippen LogP contribution in [0.2, 0.25) is 0 Å². The van der Waals surface area contributed by atoms with E-state index in [0.29, 0.717) is 0 Å². The van der Waals surface area contributed by atoms with E-state index in [2.05, 4.69) is 203 Å². The van der Waals surface area contributed by atoms with E-state index in [9.17, 15) is 0 Å². The van der Waals surface area contributed by atoms with Crippen molar-refractivity contribution in [2.45, 2.75) is 70.6 Å². The average molecular weight is 843 g/mol. The number of furan rings is 1. The van der Waals surface area contributed by atoms with Crippen molar-refractivity contribution < 1.29 is 4.42 Å². The molecule has 0 radical (unpaired) electrons. The molecule has 2 aromatic heterocycles. The number of nitrogens with zero attached hydrogens (tertiary/aromatic N) is 2. The van der Waals surface area contributed by atoms with Crippen molar-refractivity contribution >= 4 is 99.7 Å². The first kappa shape index (κ1) is 36.9. The SMILES string of the molecule is CC1(C)CCC(C)(C)c2cc3c(cc21)N1c2cc4c(sc5ccccc54)c4c2B(c2cccc(c21)C3(C)C)N(c1cccc2c1oc1ccccc12)c1ccc(-c2ccccc2)cc1-4. The summed E-state index contributed by atoms with van der Waals surface area (Å²) in [6, 6.07) is 57.4. The summed E-state index contributed by atoms with van der Waals surface area (Å²) >= 11 is 1.94. The number of anilines is 5. The first-order valence-corrected chi connectivity index (χ1v) is 23.8. The van der Waals surface area contributed by atoms with Gasteiger partial charge in [-0.1, -0.05) is 151 Å². The lowest BCUT2D eigenvalue weighted by Gasteiger charge is -2.51. The molecule has 5 heterocycles. The highest BCUT2D eigenvalue weighted by molar-refractivity contribution is 7.26. The topological polar surface area (TPSA) is 19.6 Å². The highest BCUT2D eigenvalue weighted by Gasteiger charge is 2.51. The van der Waals surface area contributed by atoms with Crippen LogP contribution in [0.25, 0.3) is 64.4 Å². The standard InChI is InChI=1S/C59H47BN2OS/c1-57(2)28-29-58(3,4)43-33-48-44(32-42(43)57)59(5,6)41-21-15-22-45-54(41)61(48)49-31-39-37-19-11-13-25-51(37)64-56(39)52-40-30-35(34-16-8-7-9-17-34)26-27-46(40)62(60(45)53(49)52)47-23-14-20-38-36-18-10-12-24-50(36)63-55(38)47/h7-27,30-33H,28-29H2,1-6H3. The van der Waals surface area contributed by atoms with Crippen molar-refractivity contribution in [1.29, 1.82) is 0 Å². The molecular formula is C59H47BN2OS. The lowest BCUT2D eigenvalue weighted by atomic mass is 9.42. The van der Waals surface area contributed by atoms with Crippen molar-refractivity contribution in [2.24, 2.45) is 0 Å². The maximum absolute atomic E-state index is 6.97. The summed E-state index contributed by atoms with van der Waals surface area (Å²) in [5, 5.41) is 4.92. The fraction of sp³-hybridized carbons (Fsp3) is 0.186. The number of hydrogen-bond donors (Lipinski definition) is 0. The van der Waals surface area contributed by atoms with E-state index in [0.717, 1.165) is 27.6 Å². The van der Waals surface area contributed by atoms with Crippen LogP contribution in [0.3, 0.4) is 0 Å². The molecule has 8 aromatic carbocycles. The Balaban J connectivity index is 1.16. The predicted octanol–water partition coefficient (Wildman–Crippen LogP) is 15.3. The van der Waals surface area contributed by atoms with Gasteiger partial charge in [-0.25, -0.2) is 0 Å². The summed E-state index contributed by atoms with van der Waals surface area (Å²) in [6.45, 7) is 14.7. The molecule has 0 atom stereocenters. The third-order valence-electron chi connectivity index (χ3n) is 15.9. The second-order valence-corrected chi connectivity index (χ2v) is 21.7. The van der Waals surface area contributed by atoms with Crippen molar-refractivity contribution in [3.8, 4) is 22.3 Å². The van der Waals surface area contributed by atoms with Crippen LogP contribution in [0.15, 0.2) is 156 Å². The van der Waals surface area contributed by atoms with Crippen LogP contribution >= 0.6 is 11.3 Å². The van der Waals surface area contributed by atoms with E-state index >= 15 is 0 Å². The highest BCUT2D eigenvalue weighted by Crippen LogP contribution is 2.59. The van der Waals surface area contributed by atoms with Crippen LogP contribution in [0.5, 0.6) is 0 Å². The number of fused-ring (bicyclic) bond motifs is 14. The summed E-state index contributed by atoms with van der Waals surface area (Å²) in [5.74, 6) is 0. The molecular weight excluding hydrogens is 796 g/mol. The maximum Gasteiger partial charge on any atom is 0.333 e. The first-order valence-electron chi connectivity index (χ1n) is 23.0. The Bertz CT molecular complexity index is 3680. The lowest BCUT2D eigenvalue weighted by Crippen LogP contribution is -2.62. The Kier molecular flexibility index (Phi) is 7.13. The van der Waals surface area contributed by atoms with Crippen LogP contribution in [-0.4, -0.2) is 6.85 Å². The van der Waals surface area contributed by atoms with Gasteiger partial charge in [0, 0.05) is 64.5 Å². The number of benzene rings is 8. The van der Waals surface area contributed by atoms with Crippen molar-refractivity contribution in [1.82, 2.24) is 0 Å². The second-order valence-electron chi connectivity index (χ2n) is 20.7. The van der Waals surface area contributed by atoms with Gasteiger partial charge in [-0.2, -0.15) is 0 Å². The van der Waals surface area contributed by atoms with E-state index in [1.807, 2.05) is 11.3 Å². The van der Waals surface area contributed by atoms with E-state index in [-0.39, 0.29) is 23.1 Å². The largest absolute Gasteiger partial charge is 0.454 e. The van der Waals surface area contributed by atoms with Crippen LogP contribution in [0.1, 0.15) is 76.6 Å². The molecule has 3 aliphatic heterocycles. The zero-order valence-corrected chi connectivity index (χ0v) is 38.0. The predicted molar refractivity (Wildman–Crippen MR) is 273 cm³/mol. The number of para-hydroxylation sites is 3. The number of rotatable bonds is 2. The first-order chi connectivity index (χ1) is 31.0. The highest BCUT2D eigenvalue weighted by atomic mass is 32.1. The van der Waals surface area contributed by atoms with Gasteiger partial charge >= 0.3 is 6.85 Å². The molecule has 0 saturated carbocycles. The molecule has 308 valence electrons. The molecule has 10 aromatic rings. The van der Waals surface area contributed by atoms with Crippen molar-refractivity contribution in [3.63, 3.8) is 0 Å². The van der Waals surface area contributed by atoms with E-state index in [4.69, 9.17) is 4.42 Å². The van der Waals surface area contributed by atoms with Crippen molar-refractivity contribution in [3.05, 3.63) is 174 Å². The monoisotopic (exact) mass is 842 g/mol. The molecule has 0 saturated heterocycles. The molecule has 5 heteroatoms. The average Bonchev–Trinajstić information content (AvgIpc) is 3.88. The fourth-order valence-corrected chi connectivity index (χ4v) is 13.7. The fourth-order valence-electron chi connectivity index (χ4n) is 12.4. The van der Waals surface area contributed by atoms with E-state index in [1.54, 1.807) is 0 Å².